The van der Waals surface area contributed by atoms with Crippen LogP contribution in [-0.4, -0.2) is 52.6 Å². The van der Waals surface area contributed by atoms with Crippen LogP contribution in [0.2, 0.25) is 0 Å². The maximum absolute atomic E-state index is 12.8. The number of cyclic esters (lactones) is 1. The Balaban J connectivity index is 1.58. The SMILES string of the molecule is C[C@H]1[C@@H](c2ccccc2)OC(=O)N1C(=O)C[C@H]1CCN(C(=O)OC(C)(C)C)C1. The summed E-state index contributed by atoms with van der Waals surface area (Å²) in [4.78, 5) is 40.1. The normalized spacial score (nSPS) is 25.0. The first-order chi connectivity index (χ1) is 13.2. The number of nitrogens with zero attached hydrogens (tertiary/aromatic N) is 2. The topological polar surface area (TPSA) is 76.2 Å². The van der Waals surface area contributed by atoms with E-state index in [-0.39, 0.29) is 30.4 Å². The van der Waals surface area contributed by atoms with Crippen LogP contribution in [0.4, 0.5) is 9.59 Å². The van der Waals surface area contributed by atoms with Crippen LogP contribution in [0.25, 0.3) is 0 Å². The van der Waals surface area contributed by atoms with Crippen molar-refractivity contribution in [3.63, 3.8) is 0 Å². The summed E-state index contributed by atoms with van der Waals surface area (Å²) in [5.74, 6) is -0.247. The highest BCUT2D eigenvalue weighted by Crippen LogP contribution is 2.33. The Morgan fingerprint density at radius 2 is 1.89 bits per heavy atom. The molecule has 1 aromatic carbocycles. The third kappa shape index (κ3) is 4.46. The molecule has 0 unspecified atom stereocenters. The van der Waals surface area contributed by atoms with Crippen molar-refractivity contribution in [2.45, 2.75) is 58.3 Å². The zero-order valence-corrected chi connectivity index (χ0v) is 16.9. The van der Waals surface area contributed by atoms with Crippen molar-refractivity contribution in [3.05, 3.63) is 35.9 Å². The highest BCUT2D eigenvalue weighted by molar-refractivity contribution is 5.94. The van der Waals surface area contributed by atoms with E-state index < -0.39 is 17.8 Å². The molecular formula is C21H28N2O5. The molecule has 0 radical (unpaired) electrons. The Morgan fingerprint density at radius 1 is 1.21 bits per heavy atom. The maximum Gasteiger partial charge on any atom is 0.417 e. The van der Waals surface area contributed by atoms with Crippen molar-refractivity contribution in [1.29, 1.82) is 0 Å². The fourth-order valence-electron chi connectivity index (χ4n) is 3.72. The van der Waals surface area contributed by atoms with Gasteiger partial charge < -0.3 is 14.4 Å². The fourth-order valence-corrected chi connectivity index (χ4v) is 3.72. The van der Waals surface area contributed by atoms with Crippen LogP contribution < -0.4 is 0 Å². The summed E-state index contributed by atoms with van der Waals surface area (Å²) >= 11 is 0. The number of ether oxygens (including phenoxy) is 2. The van der Waals surface area contributed by atoms with Gasteiger partial charge in [0.2, 0.25) is 5.91 Å². The van der Waals surface area contributed by atoms with Crippen molar-refractivity contribution in [1.82, 2.24) is 9.80 Å². The number of likely N-dealkylation sites (tertiary alicyclic amines) is 1. The van der Waals surface area contributed by atoms with Gasteiger partial charge in [-0.1, -0.05) is 30.3 Å². The third-order valence-corrected chi connectivity index (χ3v) is 5.07. The molecule has 0 bridgehead atoms. The van der Waals surface area contributed by atoms with Gasteiger partial charge in [-0.15, -0.1) is 0 Å². The molecule has 3 rings (SSSR count). The van der Waals surface area contributed by atoms with Gasteiger partial charge in [-0.25, -0.2) is 14.5 Å². The lowest BCUT2D eigenvalue weighted by Gasteiger charge is -2.24. The van der Waals surface area contributed by atoms with Crippen LogP contribution in [0, 0.1) is 5.92 Å². The summed E-state index contributed by atoms with van der Waals surface area (Å²) in [6.45, 7) is 8.31. The quantitative estimate of drug-likeness (QED) is 0.788. The van der Waals surface area contributed by atoms with Crippen molar-refractivity contribution < 1.29 is 23.9 Å². The van der Waals surface area contributed by atoms with Crippen LogP contribution >= 0.6 is 0 Å². The van der Waals surface area contributed by atoms with Crippen LogP contribution in [0.15, 0.2) is 30.3 Å². The number of hydrogen-bond donors (Lipinski definition) is 0. The van der Waals surface area contributed by atoms with Crippen molar-refractivity contribution in [3.8, 4) is 0 Å². The molecule has 0 aromatic heterocycles. The molecule has 0 N–H and O–H groups in total. The first kappa shape index (κ1) is 20.2. The minimum Gasteiger partial charge on any atom is -0.444 e. The average Bonchev–Trinajstić information content (AvgIpc) is 3.18. The number of hydrogen-bond acceptors (Lipinski definition) is 5. The van der Waals surface area contributed by atoms with Crippen molar-refractivity contribution in [2.75, 3.05) is 13.1 Å². The lowest BCUT2D eigenvalue weighted by atomic mass is 10.0. The van der Waals surface area contributed by atoms with Crippen LogP contribution in [0.3, 0.4) is 0 Å². The number of rotatable bonds is 3. The Morgan fingerprint density at radius 3 is 2.54 bits per heavy atom. The summed E-state index contributed by atoms with van der Waals surface area (Å²) in [6.07, 6.45) is -0.502. The van der Waals surface area contributed by atoms with E-state index in [0.29, 0.717) is 19.5 Å². The number of amides is 3. The summed E-state index contributed by atoms with van der Waals surface area (Å²) in [5.41, 5.74) is 0.322. The van der Waals surface area contributed by atoms with Gasteiger partial charge in [-0.05, 0) is 45.6 Å². The zero-order chi connectivity index (χ0) is 20.5. The van der Waals surface area contributed by atoms with E-state index >= 15 is 0 Å². The van der Waals surface area contributed by atoms with Crippen LogP contribution in [0.1, 0.15) is 52.2 Å². The molecule has 28 heavy (non-hydrogen) atoms. The zero-order valence-electron chi connectivity index (χ0n) is 16.9. The molecule has 7 nitrogen and oxygen atoms in total. The molecule has 1 aromatic rings. The second kappa shape index (κ2) is 7.81. The molecule has 2 aliphatic rings. The van der Waals surface area contributed by atoms with Gasteiger partial charge >= 0.3 is 12.2 Å². The Kier molecular flexibility index (Phi) is 5.63. The van der Waals surface area contributed by atoms with Gasteiger partial charge in [-0.2, -0.15) is 0 Å². The fraction of sp³-hybridized carbons (Fsp3) is 0.571. The van der Waals surface area contributed by atoms with E-state index in [0.717, 1.165) is 5.56 Å². The van der Waals surface area contributed by atoms with Crippen LogP contribution in [0.5, 0.6) is 0 Å². The molecule has 0 aliphatic carbocycles. The monoisotopic (exact) mass is 388 g/mol. The first-order valence-electron chi connectivity index (χ1n) is 9.71. The number of benzene rings is 1. The van der Waals surface area contributed by atoms with Gasteiger partial charge in [0.25, 0.3) is 0 Å². The van der Waals surface area contributed by atoms with Gasteiger partial charge in [-0.3, -0.25) is 4.79 Å². The predicted octanol–water partition coefficient (Wildman–Crippen LogP) is 3.74. The Bertz CT molecular complexity index is 743. The summed E-state index contributed by atoms with van der Waals surface area (Å²) in [7, 11) is 0. The molecule has 0 spiro atoms. The van der Waals surface area contributed by atoms with Gasteiger partial charge in [0.15, 0.2) is 0 Å². The molecule has 2 aliphatic heterocycles. The Labute approximate surface area is 165 Å². The second-order valence-electron chi connectivity index (χ2n) is 8.50. The van der Waals surface area contributed by atoms with Crippen LogP contribution in [-0.2, 0) is 14.3 Å². The van der Waals surface area contributed by atoms with Crippen molar-refractivity contribution in [2.24, 2.45) is 5.92 Å². The third-order valence-electron chi connectivity index (χ3n) is 5.07. The van der Waals surface area contributed by atoms with E-state index in [9.17, 15) is 14.4 Å². The highest BCUT2D eigenvalue weighted by atomic mass is 16.6. The van der Waals surface area contributed by atoms with E-state index in [4.69, 9.17) is 9.47 Å². The standard InChI is InChI=1S/C21H28N2O5/c1-14-18(16-8-6-5-7-9-16)27-20(26)23(14)17(24)12-15-10-11-22(13-15)19(25)28-21(2,3)4/h5-9,14-15,18H,10-13H2,1-4H3/t14-,15+,18-/m0/s1. The largest absolute Gasteiger partial charge is 0.444 e. The molecular weight excluding hydrogens is 360 g/mol. The molecule has 3 amide bonds. The van der Waals surface area contributed by atoms with E-state index in [1.54, 1.807) is 4.90 Å². The lowest BCUT2D eigenvalue weighted by Crippen LogP contribution is -2.39. The molecule has 7 heteroatoms. The van der Waals surface area contributed by atoms with E-state index in [2.05, 4.69) is 0 Å². The van der Waals surface area contributed by atoms with Gasteiger partial charge in [0.05, 0.1) is 6.04 Å². The molecule has 3 atom stereocenters. The van der Waals surface area contributed by atoms with E-state index in [1.807, 2.05) is 58.0 Å². The van der Waals surface area contributed by atoms with Gasteiger partial charge in [0.1, 0.15) is 11.7 Å². The van der Waals surface area contributed by atoms with E-state index in [1.165, 1.54) is 4.90 Å². The highest BCUT2D eigenvalue weighted by Gasteiger charge is 2.44. The summed E-state index contributed by atoms with van der Waals surface area (Å²) in [6, 6.07) is 9.06. The maximum atomic E-state index is 12.8. The first-order valence-corrected chi connectivity index (χ1v) is 9.71. The average molecular weight is 388 g/mol. The molecule has 0 saturated carbocycles. The molecule has 2 fully saturated rings. The minimum atomic E-state index is -0.603. The predicted molar refractivity (Wildman–Crippen MR) is 103 cm³/mol. The summed E-state index contributed by atoms with van der Waals surface area (Å²) < 4.78 is 10.8. The Hall–Kier alpha value is -2.57. The molecule has 2 saturated heterocycles. The number of carbonyl (C=O) groups is 3. The number of imide groups is 1. The minimum absolute atomic E-state index is 0.00999. The van der Waals surface area contributed by atoms with Gasteiger partial charge in [0, 0.05) is 19.5 Å². The molecule has 2 heterocycles. The summed E-state index contributed by atoms with van der Waals surface area (Å²) in [5, 5.41) is 0. The molecule has 152 valence electrons. The second-order valence-corrected chi connectivity index (χ2v) is 8.50. The smallest absolute Gasteiger partial charge is 0.417 e. The number of carbonyl (C=O) groups excluding carboxylic acids is 3. The lowest BCUT2D eigenvalue weighted by molar-refractivity contribution is -0.130. The van der Waals surface area contributed by atoms with Crippen molar-refractivity contribution >= 4 is 18.1 Å².